The highest BCUT2D eigenvalue weighted by atomic mass is 16.5. The van der Waals surface area contributed by atoms with Crippen LogP contribution in [0.5, 0.6) is 0 Å². The zero-order valence-corrected chi connectivity index (χ0v) is 11.6. The standard InChI is InChI=1S/C13H24N2O4/c1-19-10-9-15(11-12(16)17)13(18)14-7-5-3-2-4-6-8-14/h2-11H2,1H3,(H,16,17). The van der Waals surface area contributed by atoms with Crippen LogP contribution in [-0.2, 0) is 9.53 Å². The van der Waals surface area contributed by atoms with E-state index >= 15 is 0 Å². The normalized spacial score (nSPS) is 16.6. The third kappa shape index (κ3) is 5.92. The number of amides is 2. The largest absolute Gasteiger partial charge is 0.480 e. The van der Waals surface area contributed by atoms with Crippen molar-refractivity contribution in [3.63, 3.8) is 0 Å². The summed E-state index contributed by atoms with van der Waals surface area (Å²) < 4.78 is 4.93. The van der Waals surface area contributed by atoms with Gasteiger partial charge in [0.05, 0.1) is 6.61 Å². The highest BCUT2D eigenvalue weighted by Gasteiger charge is 2.22. The smallest absolute Gasteiger partial charge is 0.323 e. The van der Waals surface area contributed by atoms with Gasteiger partial charge in [-0.15, -0.1) is 0 Å². The monoisotopic (exact) mass is 272 g/mol. The van der Waals surface area contributed by atoms with E-state index in [0.717, 1.165) is 38.8 Å². The van der Waals surface area contributed by atoms with Crippen LogP contribution in [0.15, 0.2) is 0 Å². The molecule has 2 amide bonds. The molecule has 0 unspecified atom stereocenters. The zero-order chi connectivity index (χ0) is 14.1. The van der Waals surface area contributed by atoms with E-state index in [1.54, 1.807) is 12.0 Å². The van der Waals surface area contributed by atoms with Crippen molar-refractivity contribution >= 4 is 12.0 Å². The van der Waals surface area contributed by atoms with Gasteiger partial charge in [-0.05, 0) is 12.8 Å². The maximum absolute atomic E-state index is 12.3. The van der Waals surface area contributed by atoms with Crippen LogP contribution in [0.3, 0.4) is 0 Å². The number of hydrogen-bond acceptors (Lipinski definition) is 3. The van der Waals surface area contributed by atoms with Gasteiger partial charge in [0.15, 0.2) is 0 Å². The van der Waals surface area contributed by atoms with Crippen LogP contribution in [0.2, 0.25) is 0 Å². The average molecular weight is 272 g/mol. The zero-order valence-electron chi connectivity index (χ0n) is 11.6. The molecule has 0 radical (unpaired) electrons. The quantitative estimate of drug-likeness (QED) is 0.821. The van der Waals surface area contributed by atoms with E-state index in [-0.39, 0.29) is 12.6 Å². The molecule has 0 spiro atoms. The van der Waals surface area contributed by atoms with Crippen molar-refractivity contribution in [3.05, 3.63) is 0 Å². The van der Waals surface area contributed by atoms with Gasteiger partial charge in [-0.2, -0.15) is 0 Å². The van der Waals surface area contributed by atoms with Crippen molar-refractivity contribution < 1.29 is 19.4 Å². The number of ether oxygens (including phenoxy) is 1. The van der Waals surface area contributed by atoms with Gasteiger partial charge in [-0.1, -0.05) is 19.3 Å². The summed E-state index contributed by atoms with van der Waals surface area (Å²) >= 11 is 0. The molecule has 0 bridgehead atoms. The lowest BCUT2D eigenvalue weighted by Crippen LogP contribution is -2.47. The van der Waals surface area contributed by atoms with Crippen molar-refractivity contribution in [1.82, 2.24) is 9.80 Å². The fourth-order valence-corrected chi connectivity index (χ4v) is 2.25. The number of aliphatic carboxylic acids is 1. The second-order valence-corrected chi connectivity index (χ2v) is 4.85. The predicted molar refractivity (Wildman–Crippen MR) is 71.1 cm³/mol. The first-order valence-corrected chi connectivity index (χ1v) is 6.89. The summed E-state index contributed by atoms with van der Waals surface area (Å²) in [6, 6.07) is -0.179. The minimum Gasteiger partial charge on any atom is -0.480 e. The third-order valence-electron chi connectivity index (χ3n) is 3.29. The van der Waals surface area contributed by atoms with E-state index in [4.69, 9.17) is 9.84 Å². The molecule has 0 aromatic heterocycles. The number of methoxy groups -OCH3 is 1. The summed E-state index contributed by atoms with van der Waals surface area (Å²) in [5.74, 6) is -0.989. The molecule has 0 atom stereocenters. The Kier molecular flexibility index (Phi) is 7.25. The molecule has 1 saturated heterocycles. The summed E-state index contributed by atoms with van der Waals surface area (Å²) in [4.78, 5) is 26.3. The number of nitrogens with zero attached hydrogens (tertiary/aromatic N) is 2. The highest BCUT2D eigenvalue weighted by Crippen LogP contribution is 2.12. The van der Waals surface area contributed by atoms with Crippen LogP contribution in [-0.4, -0.2) is 66.8 Å². The lowest BCUT2D eigenvalue weighted by atomic mass is 10.1. The van der Waals surface area contributed by atoms with Crippen LogP contribution >= 0.6 is 0 Å². The molecule has 6 heteroatoms. The number of carbonyl (C=O) groups excluding carboxylic acids is 1. The number of urea groups is 1. The third-order valence-corrected chi connectivity index (χ3v) is 3.29. The van der Waals surface area contributed by atoms with Crippen LogP contribution in [0.25, 0.3) is 0 Å². The van der Waals surface area contributed by atoms with Gasteiger partial charge in [0.1, 0.15) is 6.54 Å². The Morgan fingerprint density at radius 3 is 2.26 bits per heavy atom. The molecule has 1 aliphatic rings. The SMILES string of the molecule is COCCN(CC(=O)O)C(=O)N1CCCCCCC1. The molecule has 110 valence electrons. The van der Waals surface area contributed by atoms with Crippen molar-refractivity contribution in [2.75, 3.05) is 39.9 Å². The van der Waals surface area contributed by atoms with E-state index in [9.17, 15) is 9.59 Å². The summed E-state index contributed by atoms with van der Waals surface area (Å²) in [6.07, 6.45) is 5.50. The first-order chi connectivity index (χ1) is 9.15. The Morgan fingerprint density at radius 2 is 1.74 bits per heavy atom. The van der Waals surface area contributed by atoms with E-state index in [1.165, 1.54) is 11.3 Å². The van der Waals surface area contributed by atoms with Crippen molar-refractivity contribution in [2.45, 2.75) is 32.1 Å². The molecular formula is C13H24N2O4. The molecule has 1 rings (SSSR count). The second-order valence-electron chi connectivity index (χ2n) is 4.85. The molecule has 1 heterocycles. The van der Waals surface area contributed by atoms with Crippen LogP contribution in [0.1, 0.15) is 32.1 Å². The first kappa shape index (κ1) is 15.8. The van der Waals surface area contributed by atoms with Gasteiger partial charge in [-0.25, -0.2) is 4.79 Å². The minimum atomic E-state index is -0.989. The Morgan fingerprint density at radius 1 is 1.16 bits per heavy atom. The van der Waals surface area contributed by atoms with Crippen molar-refractivity contribution in [2.24, 2.45) is 0 Å². The van der Waals surface area contributed by atoms with Crippen LogP contribution in [0.4, 0.5) is 4.79 Å². The lowest BCUT2D eigenvalue weighted by Gasteiger charge is -2.30. The lowest BCUT2D eigenvalue weighted by molar-refractivity contribution is -0.137. The van der Waals surface area contributed by atoms with Crippen molar-refractivity contribution in [1.29, 1.82) is 0 Å². The number of hydrogen-bond donors (Lipinski definition) is 1. The number of carboxylic acids is 1. The van der Waals surface area contributed by atoms with Gasteiger partial charge >= 0.3 is 12.0 Å². The van der Waals surface area contributed by atoms with Crippen molar-refractivity contribution in [3.8, 4) is 0 Å². The molecule has 0 aromatic rings. The molecule has 1 aliphatic heterocycles. The summed E-state index contributed by atoms with van der Waals surface area (Å²) in [5, 5.41) is 8.88. The number of carboxylic acid groups (broad SMARTS) is 1. The van der Waals surface area contributed by atoms with Gasteiger partial charge in [0, 0.05) is 26.7 Å². The average Bonchev–Trinajstić information content (AvgIpc) is 2.33. The first-order valence-electron chi connectivity index (χ1n) is 6.89. The maximum atomic E-state index is 12.3. The van der Waals surface area contributed by atoms with Gasteiger partial charge in [0.2, 0.25) is 0 Å². The van der Waals surface area contributed by atoms with E-state index in [2.05, 4.69) is 0 Å². The van der Waals surface area contributed by atoms with E-state index < -0.39 is 5.97 Å². The van der Waals surface area contributed by atoms with Gasteiger partial charge < -0.3 is 19.6 Å². The minimum absolute atomic E-state index is 0.179. The highest BCUT2D eigenvalue weighted by molar-refractivity contribution is 5.80. The van der Waals surface area contributed by atoms with E-state index in [0.29, 0.717) is 13.2 Å². The van der Waals surface area contributed by atoms with E-state index in [1.807, 2.05) is 0 Å². The number of carbonyl (C=O) groups is 2. The Labute approximate surface area is 114 Å². The predicted octanol–water partition coefficient (Wildman–Crippen LogP) is 1.41. The number of likely N-dealkylation sites (tertiary alicyclic amines) is 1. The molecule has 1 N–H and O–H groups in total. The molecule has 19 heavy (non-hydrogen) atoms. The summed E-state index contributed by atoms with van der Waals surface area (Å²) in [6.45, 7) is 1.85. The maximum Gasteiger partial charge on any atom is 0.323 e. The Bertz CT molecular complexity index is 288. The molecule has 0 aliphatic carbocycles. The molecule has 1 fully saturated rings. The molecule has 6 nitrogen and oxygen atoms in total. The summed E-state index contributed by atoms with van der Waals surface area (Å²) in [5.41, 5.74) is 0. The fraction of sp³-hybridized carbons (Fsp3) is 0.846. The Balaban J connectivity index is 2.58. The molecule has 0 aromatic carbocycles. The molecular weight excluding hydrogens is 248 g/mol. The van der Waals surface area contributed by atoms with Crippen LogP contribution < -0.4 is 0 Å². The molecule has 0 saturated carbocycles. The number of rotatable bonds is 5. The Hall–Kier alpha value is -1.30. The van der Waals surface area contributed by atoms with Gasteiger partial charge in [-0.3, -0.25) is 4.79 Å². The second kappa shape index (κ2) is 8.74. The summed E-state index contributed by atoms with van der Waals surface area (Å²) in [7, 11) is 1.54. The fourth-order valence-electron chi connectivity index (χ4n) is 2.25. The van der Waals surface area contributed by atoms with Gasteiger partial charge in [0.25, 0.3) is 0 Å². The topological polar surface area (TPSA) is 70.1 Å². The van der Waals surface area contributed by atoms with Crippen LogP contribution in [0, 0.1) is 0 Å².